The Morgan fingerprint density at radius 3 is 2.60 bits per heavy atom. The molecule has 0 aromatic heterocycles. The Labute approximate surface area is 86.6 Å². The highest BCUT2D eigenvalue weighted by atomic mass is 19.1. The molecular weight excluding hydrogens is 203 g/mol. The molecular formula is C10H13FO4. The molecule has 2 unspecified atom stereocenters. The number of aliphatic hydroxyl groups is 3. The molecule has 1 aromatic carbocycles. The Morgan fingerprint density at radius 1 is 1.40 bits per heavy atom. The van der Waals surface area contributed by atoms with Gasteiger partial charge in [0.25, 0.3) is 0 Å². The second-order valence-corrected chi connectivity index (χ2v) is 3.08. The van der Waals surface area contributed by atoms with Crippen molar-refractivity contribution >= 4 is 0 Å². The molecule has 0 aliphatic heterocycles. The van der Waals surface area contributed by atoms with Gasteiger partial charge in [0, 0.05) is 5.56 Å². The van der Waals surface area contributed by atoms with E-state index < -0.39 is 24.6 Å². The predicted octanol–water partition coefficient (Wildman–Crippen LogP) is 0.221. The van der Waals surface area contributed by atoms with Crippen molar-refractivity contribution in [1.29, 1.82) is 0 Å². The minimum absolute atomic E-state index is 0.110. The molecule has 15 heavy (non-hydrogen) atoms. The first-order valence-electron chi connectivity index (χ1n) is 4.40. The van der Waals surface area contributed by atoms with E-state index in [2.05, 4.69) is 0 Å². The second kappa shape index (κ2) is 5.06. The monoisotopic (exact) mass is 216 g/mol. The van der Waals surface area contributed by atoms with Gasteiger partial charge in [0.2, 0.25) is 0 Å². The molecule has 1 aromatic rings. The van der Waals surface area contributed by atoms with Crippen LogP contribution in [0.25, 0.3) is 0 Å². The highest BCUT2D eigenvalue weighted by molar-refractivity contribution is 5.36. The van der Waals surface area contributed by atoms with Crippen molar-refractivity contribution in [3.8, 4) is 5.75 Å². The summed E-state index contributed by atoms with van der Waals surface area (Å²) in [4.78, 5) is 0. The standard InChI is InChI=1S/C10H13FO4/c1-15-9-3-2-6(11)4-7(9)10(14)8(13)5-12/h2-4,8,10,12-14H,5H2,1H3. The molecule has 0 aliphatic rings. The highest BCUT2D eigenvalue weighted by Crippen LogP contribution is 2.27. The number of benzene rings is 1. The van der Waals surface area contributed by atoms with Crippen molar-refractivity contribution in [2.24, 2.45) is 0 Å². The van der Waals surface area contributed by atoms with E-state index in [4.69, 9.17) is 9.84 Å². The molecule has 0 amide bonds. The van der Waals surface area contributed by atoms with Gasteiger partial charge >= 0.3 is 0 Å². The van der Waals surface area contributed by atoms with E-state index in [9.17, 15) is 14.6 Å². The van der Waals surface area contributed by atoms with Crippen molar-refractivity contribution in [2.45, 2.75) is 12.2 Å². The van der Waals surface area contributed by atoms with Crippen LogP contribution in [0, 0.1) is 5.82 Å². The van der Waals surface area contributed by atoms with Gasteiger partial charge in [0.05, 0.1) is 13.7 Å². The molecule has 0 aliphatic carbocycles. The van der Waals surface area contributed by atoms with E-state index >= 15 is 0 Å². The van der Waals surface area contributed by atoms with E-state index in [-0.39, 0.29) is 11.3 Å². The zero-order valence-electron chi connectivity index (χ0n) is 8.22. The molecule has 84 valence electrons. The van der Waals surface area contributed by atoms with Crippen molar-refractivity contribution in [3.05, 3.63) is 29.6 Å². The van der Waals surface area contributed by atoms with E-state index in [0.717, 1.165) is 6.07 Å². The van der Waals surface area contributed by atoms with Gasteiger partial charge in [0.15, 0.2) is 0 Å². The van der Waals surface area contributed by atoms with Gasteiger partial charge in [-0.1, -0.05) is 0 Å². The van der Waals surface area contributed by atoms with Crippen LogP contribution in [0.1, 0.15) is 11.7 Å². The highest BCUT2D eigenvalue weighted by Gasteiger charge is 2.21. The lowest BCUT2D eigenvalue weighted by Crippen LogP contribution is -2.22. The quantitative estimate of drug-likeness (QED) is 0.673. The molecule has 0 saturated carbocycles. The zero-order valence-corrected chi connectivity index (χ0v) is 8.22. The summed E-state index contributed by atoms with van der Waals surface area (Å²) < 4.78 is 17.8. The van der Waals surface area contributed by atoms with E-state index in [1.165, 1.54) is 19.2 Å². The molecule has 5 heteroatoms. The summed E-state index contributed by atoms with van der Waals surface area (Å²) in [6.45, 7) is -0.610. The maximum absolute atomic E-state index is 12.9. The van der Waals surface area contributed by atoms with Crippen LogP contribution < -0.4 is 4.74 Å². The van der Waals surface area contributed by atoms with Gasteiger partial charge in [-0.3, -0.25) is 0 Å². The minimum atomic E-state index is -1.37. The molecule has 0 bridgehead atoms. The average molecular weight is 216 g/mol. The Balaban J connectivity index is 3.05. The maximum atomic E-state index is 12.9. The first-order valence-corrected chi connectivity index (χ1v) is 4.40. The lowest BCUT2D eigenvalue weighted by atomic mass is 10.0. The third-order valence-corrected chi connectivity index (χ3v) is 2.06. The number of methoxy groups -OCH3 is 1. The Hall–Kier alpha value is -1.17. The summed E-state index contributed by atoms with van der Waals surface area (Å²) in [7, 11) is 1.37. The van der Waals surface area contributed by atoms with Gasteiger partial charge < -0.3 is 20.1 Å². The summed E-state index contributed by atoms with van der Waals surface area (Å²) in [5.74, 6) is -0.286. The minimum Gasteiger partial charge on any atom is -0.496 e. The number of hydrogen-bond acceptors (Lipinski definition) is 4. The molecule has 0 saturated heterocycles. The zero-order chi connectivity index (χ0) is 11.4. The normalized spacial score (nSPS) is 14.7. The van der Waals surface area contributed by atoms with E-state index in [1.807, 2.05) is 0 Å². The van der Waals surface area contributed by atoms with Crippen molar-refractivity contribution in [2.75, 3.05) is 13.7 Å². The molecule has 3 N–H and O–H groups in total. The van der Waals surface area contributed by atoms with Gasteiger partial charge in [-0.25, -0.2) is 4.39 Å². The average Bonchev–Trinajstić information content (AvgIpc) is 2.27. The van der Waals surface area contributed by atoms with Crippen LogP contribution in [0.4, 0.5) is 4.39 Å². The number of aliphatic hydroxyl groups excluding tert-OH is 3. The summed E-state index contributed by atoms with van der Waals surface area (Å²) in [6.07, 6.45) is -2.73. The van der Waals surface area contributed by atoms with E-state index in [0.29, 0.717) is 0 Å². The van der Waals surface area contributed by atoms with Crippen LogP contribution >= 0.6 is 0 Å². The van der Waals surface area contributed by atoms with Gasteiger partial charge in [0.1, 0.15) is 23.8 Å². The van der Waals surface area contributed by atoms with Crippen molar-refractivity contribution in [3.63, 3.8) is 0 Å². The number of ether oxygens (including phenoxy) is 1. The molecule has 0 radical (unpaired) electrons. The smallest absolute Gasteiger partial charge is 0.124 e. The van der Waals surface area contributed by atoms with Gasteiger partial charge in [-0.2, -0.15) is 0 Å². The van der Waals surface area contributed by atoms with Crippen LogP contribution in [-0.4, -0.2) is 35.1 Å². The molecule has 1 rings (SSSR count). The summed E-state index contributed by atoms with van der Waals surface area (Å²) in [5, 5.41) is 27.4. The maximum Gasteiger partial charge on any atom is 0.124 e. The number of halogens is 1. The Bertz CT molecular complexity index is 329. The topological polar surface area (TPSA) is 69.9 Å². The molecule has 0 heterocycles. The van der Waals surface area contributed by atoms with Crippen molar-refractivity contribution < 1.29 is 24.4 Å². The third kappa shape index (κ3) is 2.65. The van der Waals surface area contributed by atoms with E-state index in [1.54, 1.807) is 0 Å². The SMILES string of the molecule is COc1ccc(F)cc1C(O)C(O)CO. The molecule has 0 spiro atoms. The largest absolute Gasteiger partial charge is 0.496 e. The fourth-order valence-corrected chi connectivity index (χ4v) is 1.24. The lowest BCUT2D eigenvalue weighted by molar-refractivity contribution is -0.0163. The predicted molar refractivity (Wildman–Crippen MR) is 51.0 cm³/mol. The second-order valence-electron chi connectivity index (χ2n) is 3.08. The van der Waals surface area contributed by atoms with Crippen LogP contribution in [0.3, 0.4) is 0 Å². The van der Waals surface area contributed by atoms with Crippen LogP contribution in [0.5, 0.6) is 5.75 Å². The summed E-state index contributed by atoms with van der Waals surface area (Å²) in [5.41, 5.74) is 0.110. The molecule has 2 atom stereocenters. The van der Waals surface area contributed by atoms with Crippen LogP contribution in [-0.2, 0) is 0 Å². The first kappa shape index (κ1) is 11.9. The Morgan fingerprint density at radius 2 is 2.07 bits per heavy atom. The van der Waals surface area contributed by atoms with Gasteiger partial charge in [-0.15, -0.1) is 0 Å². The fourth-order valence-electron chi connectivity index (χ4n) is 1.24. The first-order chi connectivity index (χ1) is 7.10. The molecule has 4 nitrogen and oxygen atoms in total. The molecule has 0 fully saturated rings. The third-order valence-electron chi connectivity index (χ3n) is 2.06. The van der Waals surface area contributed by atoms with Gasteiger partial charge in [-0.05, 0) is 18.2 Å². The van der Waals surface area contributed by atoms with Crippen LogP contribution in [0.2, 0.25) is 0 Å². The summed E-state index contributed by atoms with van der Waals surface area (Å²) in [6, 6.07) is 3.58. The number of hydrogen-bond donors (Lipinski definition) is 3. The lowest BCUT2D eigenvalue weighted by Gasteiger charge is -2.18. The Kier molecular flexibility index (Phi) is 4.02. The fraction of sp³-hybridized carbons (Fsp3) is 0.400. The number of rotatable bonds is 4. The van der Waals surface area contributed by atoms with Crippen LogP contribution in [0.15, 0.2) is 18.2 Å². The van der Waals surface area contributed by atoms with Crippen molar-refractivity contribution in [1.82, 2.24) is 0 Å². The summed E-state index contributed by atoms with van der Waals surface area (Å²) >= 11 is 0.